The number of aliphatic hydroxyl groups is 1. The maximum absolute atomic E-state index is 10.9. The maximum Gasteiger partial charge on any atom is 0.223 e. The summed E-state index contributed by atoms with van der Waals surface area (Å²) in [5.41, 5.74) is 5.19. The number of hydrogen-bond acceptors (Lipinski definition) is 3. The number of rotatable bonds is 3. The van der Waals surface area contributed by atoms with Gasteiger partial charge in [-0.25, -0.2) is 0 Å². The minimum atomic E-state index is -0.312. The summed E-state index contributed by atoms with van der Waals surface area (Å²) in [7, 11) is 0. The van der Waals surface area contributed by atoms with Gasteiger partial charge in [0, 0.05) is 13.2 Å². The summed E-state index contributed by atoms with van der Waals surface area (Å²) in [4.78, 5) is 10.9. The third kappa shape index (κ3) is 2.19. The van der Waals surface area contributed by atoms with Gasteiger partial charge in [-0.2, -0.15) is 0 Å². The molecule has 0 aromatic heterocycles. The third-order valence-electron chi connectivity index (χ3n) is 2.36. The topological polar surface area (TPSA) is 72.6 Å². The summed E-state index contributed by atoms with van der Waals surface area (Å²) < 4.78 is 5.14. The Labute approximate surface area is 71.7 Å². The van der Waals surface area contributed by atoms with E-state index in [1.165, 1.54) is 0 Å². The standard InChI is InChI=1S/C8H15NO3/c9-8(11)7-5-12-4-2-6(7)1-3-10/h6-7,10H,1-5H2,(H2,9,11). The van der Waals surface area contributed by atoms with Crippen LogP contribution >= 0.6 is 0 Å². The van der Waals surface area contributed by atoms with Crippen molar-refractivity contribution in [3.63, 3.8) is 0 Å². The van der Waals surface area contributed by atoms with Crippen molar-refractivity contribution >= 4 is 5.91 Å². The molecule has 0 aromatic rings. The van der Waals surface area contributed by atoms with Crippen molar-refractivity contribution in [1.82, 2.24) is 0 Å². The predicted octanol–water partition coefficient (Wildman–Crippen LogP) is -0.493. The van der Waals surface area contributed by atoms with E-state index in [1.807, 2.05) is 0 Å². The van der Waals surface area contributed by atoms with E-state index in [0.29, 0.717) is 19.6 Å². The molecule has 4 heteroatoms. The molecule has 1 saturated heterocycles. The van der Waals surface area contributed by atoms with Crippen LogP contribution in [0.3, 0.4) is 0 Å². The minimum absolute atomic E-state index is 0.119. The quantitative estimate of drug-likeness (QED) is 0.604. The van der Waals surface area contributed by atoms with E-state index in [2.05, 4.69) is 0 Å². The van der Waals surface area contributed by atoms with Crippen molar-refractivity contribution < 1.29 is 14.6 Å². The highest BCUT2D eigenvalue weighted by Crippen LogP contribution is 2.24. The van der Waals surface area contributed by atoms with E-state index in [-0.39, 0.29) is 24.3 Å². The maximum atomic E-state index is 10.9. The number of aliphatic hydroxyl groups excluding tert-OH is 1. The third-order valence-corrected chi connectivity index (χ3v) is 2.36. The summed E-state index contributed by atoms with van der Waals surface area (Å²) >= 11 is 0. The van der Waals surface area contributed by atoms with Crippen LogP contribution in [0, 0.1) is 11.8 Å². The Bertz CT molecular complexity index is 158. The molecule has 4 nitrogen and oxygen atoms in total. The molecule has 2 atom stereocenters. The van der Waals surface area contributed by atoms with Crippen LogP contribution in [0.5, 0.6) is 0 Å². The predicted molar refractivity (Wildman–Crippen MR) is 43.3 cm³/mol. The number of hydrogen-bond donors (Lipinski definition) is 2. The zero-order chi connectivity index (χ0) is 8.97. The molecule has 0 spiro atoms. The first kappa shape index (κ1) is 9.48. The fourth-order valence-corrected chi connectivity index (χ4v) is 1.61. The van der Waals surface area contributed by atoms with Crippen LogP contribution < -0.4 is 5.73 Å². The van der Waals surface area contributed by atoms with Gasteiger partial charge in [-0.3, -0.25) is 4.79 Å². The zero-order valence-corrected chi connectivity index (χ0v) is 7.03. The molecule has 0 bridgehead atoms. The van der Waals surface area contributed by atoms with E-state index in [4.69, 9.17) is 15.6 Å². The van der Waals surface area contributed by atoms with Crippen molar-refractivity contribution in [2.45, 2.75) is 12.8 Å². The Morgan fingerprint density at radius 2 is 2.42 bits per heavy atom. The Hall–Kier alpha value is -0.610. The van der Waals surface area contributed by atoms with Crippen molar-refractivity contribution in [1.29, 1.82) is 0 Å². The number of primary amides is 1. The van der Waals surface area contributed by atoms with E-state index >= 15 is 0 Å². The summed E-state index contributed by atoms with van der Waals surface area (Å²) in [5.74, 6) is -0.305. The first-order valence-corrected chi connectivity index (χ1v) is 4.23. The lowest BCUT2D eigenvalue weighted by molar-refractivity contribution is -0.129. The monoisotopic (exact) mass is 173 g/mol. The number of nitrogens with two attached hydrogens (primary N) is 1. The second kappa shape index (κ2) is 4.42. The van der Waals surface area contributed by atoms with Crippen molar-refractivity contribution in [2.75, 3.05) is 19.8 Å². The molecule has 1 amide bonds. The highest BCUT2D eigenvalue weighted by atomic mass is 16.5. The average molecular weight is 173 g/mol. The number of amides is 1. The molecular weight excluding hydrogens is 158 g/mol. The second-order valence-corrected chi connectivity index (χ2v) is 3.14. The van der Waals surface area contributed by atoms with Crippen LogP contribution in [0.4, 0.5) is 0 Å². The molecule has 1 aliphatic heterocycles. The summed E-state index contributed by atoms with van der Waals surface area (Å²) in [6.45, 7) is 1.21. The molecule has 1 rings (SSSR count). The first-order valence-electron chi connectivity index (χ1n) is 4.23. The van der Waals surface area contributed by atoms with Crippen LogP contribution in [-0.4, -0.2) is 30.8 Å². The van der Waals surface area contributed by atoms with E-state index in [0.717, 1.165) is 6.42 Å². The summed E-state index contributed by atoms with van der Waals surface area (Å²) in [5, 5.41) is 8.73. The molecule has 1 fully saturated rings. The normalized spacial score (nSPS) is 30.1. The largest absolute Gasteiger partial charge is 0.396 e. The van der Waals surface area contributed by atoms with E-state index < -0.39 is 0 Å². The molecule has 12 heavy (non-hydrogen) atoms. The van der Waals surface area contributed by atoms with Gasteiger partial charge in [0.25, 0.3) is 0 Å². The van der Waals surface area contributed by atoms with Gasteiger partial charge >= 0.3 is 0 Å². The van der Waals surface area contributed by atoms with Crippen LogP contribution in [0.1, 0.15) is 12.8 Å². The minimum Gasteiger partial charge on any atom is -0.396 e. The molecule has 1 aliphatic rings. The highest BCUT2D eigenvalue weighted by Gasteiger charge is 2.29. The fourth-order valence-electron chi connectivity index (χ4n) is 1.61. The van der Waals surface area contributed by atoms with Crippen LogP contribution in [0.15, 0.2) is 0 Å². The molecule has 2 unspecified atom stereocenters. The lowest BCUT2D eigenvalue weighted by Gasteiger charge is -2.28. The molecule has 0 aliphatic carbocycles. The van der Waals surface area contributed by atoms with Gasteiger partial charge in [0.2, 0.25) is 5.91 Å². The Kier molecular flexibility index (Phi) is 3.49. The highest BCUT2D eigenvalue weighted by molar-refractivity contribution is 5.77. The van der Waals surface area contributed by atoms with E-state index in [1.54, 1.807) is 0 Å². The van der Waals surface area contributed by atoms with Gasteiger partial charge in [-0.15, -0.1) is 0 Å². The van der Waals surface area contributed by atoms with Crippen molar-refractivity contribution in [2.24, 2.45) is 17.6 Å². The number of carbonyl (C=O) groups excluding carboxylic acids is 1. The Balaban J connectivity index is 2.48. The average Bonchev–Trinajstić information content (AvgIpc) is 2.05. The Morgan fingerprint density at radius 1 is 1.67 bits per heavy atom. The van der Waals surface area contributed by atoms with Gasteiger partial charge in [-0.1, -0.05) is 0 Å². The van der Waals surface area contributed by atoms with Gasteiger partial charge in [0.05, 0.1) is 12.5 Å². The molecule has 0 saturated carbocycles. The fraction of sp³-hybridized carbons (Fsp3) is 0.875. The van der Waals surface area contributed by atoms with Crippen LogP contribution in [-0.2, 0) is 9.53 Å². The molecule has 1 heterocycles. The summed E-state index contributed by atoms with van der Waals surface area (Å²) in [6, 6.07) is 0. The second-order valence-electron chi connectivity index (χ2n) is 3.14. The molecular formula is C8H15NO3. The zero-order valence-electron chi connectivity index (χ0n) is 7.03. The lowest BCUT2D eigenvalue weighted by atomic mass is 9.85. The summed E-state index contributed by atoms with van der Waals surface area (Å²) in [6.07, 6.45) is 1.48. The Morgan fingerprint density at radius 3 is 3.00 bits per heavy atom. The molecule has 70 valence electrons. The SMILES string of the molecule is NC(=O)C1COCCC1CCO. The molecule has 0 radical (unpaired) electrons. The van der Waals surface area contributed by atoms with Gasteiger partial charge in [0.1, 0.15) is 0 Å². The first-order chi connectivity index (χ1) is 5.75. The van der Waals surface area contributed by atoms with Crippen molar-refractivity contribution in [3.05, 3.63) is 0 Å². The lowest BCUT2D eigenvalue weighted by Crippen LogP contribution is -2.38. The van der Waals surface area contributed by atoms with Gasteiger partial charge in [0.15, 0.2) is 0 Å². The molecule has 0 aromatic carbocycles. The number of carbonyl (C=O) groups is 1. The van der Waals surface area contributed by atoms with Gasteiger partial charge in [-0.05, 0) is 18.8 Å². The smallest absolute Gasteiger partial charge is 0.223 e. The van der Waals surface area contributed by atoms with E-state index in [9.17, 15) is 4.79 Å². The van der Waals surface area contributed by atoms with Crippen LogP contribution in [0.25, 0.3) is 0 Å². The molecule has 3 N–H and O–H groups in total. The number of ether oxygens (including phenoxy) is 1. The van der Waals surface area contributed by atoms with Crippen LogP contribution in [0.2, 0.25) is 0 Å². The van der Waals surface area contributed by atoms with Gasteiger partial charge < -0.3 is 15.6 Å². The van der Waals surface area contributed by atoms with Crippen molar-refractivity contribution in [3.8, 4) is 0 Å².